The van der Waals surface area contributed by atoms with Crippen LogP contribution in [0, 0.1) is 17.8 Å². The predicted octanol–water partition coefficient (Wildman–Crippen LogP) is 4.62. The van der Waals surface area contributed by atoms with Crippen molar-refractivity contribution in [3.63, 3.8) is 0 Å². The van der Waals surface area contributed by atoms with Crippen LogP contribution in [0.5, 0.6) is 11.5 Å². The summed E-state index contributed by atoms with van der Waals surface area (Å²) in [5.41, 5.74) is 2.05. The maximum Gasteiger partial charge on any atom is 0.249 e. The fraction of sp³-hybridized carbons (Fsp3) is 0.556. The minimum atomic E-state index is -1.27. The van der Waals surface area contributed by atoms with E-state index in [9.17, 15) is 24.9 Å². The Bertz CT molecular complexity index is 1520. The molecule has 0 aromatic heterocycles. The Hall–Kier alpha value is -2.86. The number of nitrogens with one attached hydrogen (secondary N) is 1. The molecule has 2 aliphatic carbocycles. The number of ether oxygens (including phenoxy) is 3. The lowest BCUT2D eigenvalue weighted by atomic mass is 9.75. The third kappa shape index (κ3) is 7.64. The van der Waals surface area contributed by atoms with E-state index in [2.05, 4.69) is 26.1 Å². The van der Waals surface area contributed by atoms with Crippen LogP contribution in [0.3, 0.4) is 0 Å². The fourth-order valence-corrected chi connectivity index (χ4v) is 7.70. The van der Waals surface area contributed by atoms with Crippen molar-refractivity contribution in [1.82, 2.24) is 10.2 Å². The van der Waals surface area contributed by atoms with Gasteiger partial charge in [0.1, 0.15) is 18.8 Å². The minimum absolute atomic E-state index is 0.00504. The minimum Gasteiger partial charge on any atom is -0.493 e. The zero-order chi connectivity index (χ0) is 34.7. The van der Waals surface area contributed by atoms with Crippen LogP contribution in [0.15, 0.2) is 42.0 Å². The van der Waals surface area contributed by atoms with Crippen molar-refractivity contribution >= 4 is 35.0 Å². The Kier molecular flexibility index (Phi) is 12.0. The summed E-state index contributed by atoms with van der Waals surface area (Å²) in [6.45, 7) is 5.84. The highest BCUT2D eigenvalue weighted by Gasteiger charge is 2.51. The number of hydrogen-bond donors (Lipinski definition) is 4. The molecule has 2 aromatic rings. The first kappa shape index (κ1) is 36.4. The number of carbonyl (C=O) groups is 2. The first-order valence-corrected chi connectivity index (χ1v) is 17.3. The number of halogens is 2. The molecule has 12 heteroatoms. The summed E-state index contributed by atoms with van der Waals surface area (Å²) < 4.78 is 18.3. The molecule has 1 saturated carbocycles. The highest BCUT2D eigenvalue weighted by molar-refractivity contribution is 6.42. The number of rotatable bonds is 12. The summed E-state index contributed by atoms with van der Waals surface area (Å²) in [5, 5.41) is 34.8. The number of methoxy groups -OCH3 is 1. The molecule has 0 saturated heterocycles. The predicted molar refractivity (Wildman–Crippen MR) is 182 cm³/mol. The molecular weight excluding hydrogens is 659 g/mol. The Labute approximate surface area is 292 Å². The lowest BCUT2D eigenvalue weighted by Crippen LogP contribution is -2.56. The average Bonchev–Trinajstić information content (AvgIpc) is 3.46. The fourth-order valence-electron chi connectivity index (χ4n) is 7.38. The summed E-state index contributed by atoms with van der Waals surface area (Å²) in [6.07, 6.45) is 2.29. The first-order valence-electron chi connectivity index (χ1n) is 16.6. The van der Waals surface area contributed by atoms with Crippen molar-refractivity contribution < 1.29 is 39.1 Å². The number of fused-ring (bicyclic) bond motifs is 3. The zero-order valence-corrected chi connectivity index (χ0v) is 29.3. The number of aliphatic hydroxyl groups is 3. The second kappa shape index (κ2) is 15.8. The molecule has 0 radical (unpaired) electrons. The maximum absolute atomic E-state index is 14.3. The molecular formula is C36H46Cl2N2O8. The Balaban J connectivity index is 1.54. The molecule has 4 N–H and O–H groups in total. The average molecular weight is 706 g/mol. The van der Waals surface area contributed by atoms with Gasteiger partial charge in [-0.3, -0.25) is 9.59 Å². The number of aliphatic hydroxyl groups excluding tert-OH is 3. The molecule has 10 nitrogen and oxygen atoms in total. The van der Waals surface area contributed by atoms with Gasteiger partial charge in [-0.1, -0.05) is 56.5 Å². The van der Waals surface area contributed by atoms with E-state index in [1.54, 1.807) is 36.4 Å². The first-order chi connectivity index (χ1) is 23.0. The summed E-state index contributed by atoms with van der Waals surface area (Å²) in [7, 11) is 1.47. The Morgan fingerprint density at radius 2 is 1.88 bits per heavy atom. The van der Waals surface area contributed by atoms with Gasteiger partial charge in [0, 0.05) is 24.2 Å². The molecule has 2 amide bonds. The van der Waals surface area contributed by atoms with Gasteiger partial charge in [0.05, 0.1) is 48.4 Å². The van der Waals surface area contributed by atoms with Crippen LogP contribution in [0.4, 0.5) is 0 Å². The van der Waals surface area contributed by atoms with Crippen molar-refractivity contribution in [2.45, 2.75) is 83.5 Å². The molecule has 1 aliphatic heterocycles. The molecule has 0 bridgehead atoms. The van der Waals surface area contributed by atoms with Crippen LogP contribution in [0.2, 0.25) is 10.0 Å². The summed E-state index contributed by atoms with van der Waals surface area (Å²) in [6, 6.07) is 7.44. The maximum atomic E-state index is 14.3. The van der Waals surface area contributed by atoms with E-state index in [0.29, 0.717) is 56.0 Å². The van der Waals surface area contributed by atoms with Crippen LogP contribution < -0.4 is 14.8 Å². The van der Waals surface area contributed by atoms with E-state index in [1.807, 2.05) is 0 Å². The van der Waals surface area contributed by atoms with Gasteiger partial charge < -0.3 is 39.7 Å². The van der Waals surface area contributed by atoms with Crippen LogP contribution in [0.25, 0.3) is 0 Å². The molecule has 48 heavy (non-hydrogen) atoms. The largest absolute Gasteiger partial charge is 0.493 e. The highest BCUT2D eigenvalue weighted by Crippen LogP contribution is 2.51. The van der Waals surface area contributed by atoms with Gasteiger partial charge >= 0.3 is 0 Å². The Morgan fingerprint density at radius 1 is 1.10 bits per heavy atom. The smallest absolute Gasteiger partial charge is 0.249 e. The van der Waals surface area contributed by atoms with Crippen molar-refractivity contribution in [3.8, 4) is 11.5 Å². The summed E-state index contributed by atoms with van der Waals surface area (Å²) in [4.78, 5) is 29.5. The van der Waals surface area contributed by atoms with Crippen molar-refractivity contribution in [2.24, 2.45) is 17.8 Å². The SMILES string of the molecule is COc1cc(CO)cc2c1O[C@@H]1[C@@H](O)[C@H](N(Cc3ccc(Cl)c(Cl)c3)C(=O)CO[C@H]3C[C@@H](C)CC[C@@H]3C(C)C)C=C(C(=O)NCCO)[C@H]21. The lowest BCUT2D eigenvalue weighted by Gasteiger charge is -2.41. The molecule has 7 atom stereocenters. The van der Waals surface area contributed by atoms with Crippen molar-refractivity contribution in [1.29, 1.82) is 0 Å². The van der Waals surface area contributed by atoms with Crippen molar-refractivity contribution in [3.05, 3.63) is 68.7 Å². The van der Waals surface area contributed by atoms with Gasteiger partial charge in [0.2, 0.25) is 11.8 Å². The molecule has 3 aliphatic rings. The van der Waals surface area contributed by atoms with Gasteiger partial charge in [-0.25, -0.2) is 0 Å². The number of benzene rings is 2. The summed E-state index contributed by atoms with van der Waals surface area (Å²) in [5.74, 6) is 0.321. The molecule has 1 fully saturated rings. The topological polar surface area (TPSA) is 138 Å². The van der Waals surface area contributed by atoms with Crippen LogP contribution in [-0.2, 0) is 27.5 Å². The molecule has 0 unspecified atom stereocenters. The molecule has 262 valence electrons. The second-order valence-corrected chi connectivity index (χ2v) is 14.3. The van der Waals surface area contributed by atoms with Crippen LogP contribution in [0.1, 0.15) is 62.6 Å². The van der Waals surface area contributed by atoms with Gasteiger partial charge in [-0.15, -0.1) is 0 Å². The number of hydrogen-bond acceptors (Lipinski definition) is 8. The monoisotopic (exact) mass is 704 g/mol. The second-order valence-electron chi connectivity index (χ2n) is 13.5. The quantitative estimate of drug-likeness (QED) is 0.251. The van der Waals surface area contributed by atoms with Crippen LogP contribution >= 0.6 is 23.2 Å². The molecule has 5 rings (SSSR count). The third-order valence-electron chi connectivity index (χ3n) is 9.89. The van der Waals surface area contributed by atoms with E-state index in [0.717, 1.165) is 19.3 Å². The van der Waals surface area contributed by atoms with E-state index in [4.69, 9.17) is 37.4 Å². The highest BCUT2D eigenvalue weighted by atomic mass is 35.5. The lowest BCUT2D eigenvalue weighted by molar-refractivity contribution is -0.148. The van der Waals surface area contributed by atoms with Gasteiger partial charge in [-0.2, -0.15) is 0 Å². The van der Waals surface area contributed by atoms with Gasteiger partial charge in [0.15, 0.2) is 11.5 Å². The zero-order valence-electron chi connectivity index (χ0n) is 27.8. The van der Waals surface area contributed by atoms with Gasteiger partial charge in [-0.05, 0) is 72.1 Å². The van der Waals surface area contributed by atoms with E-state index >= 15 is 0 Å². The molecule has 2 aromatic carbocycles. The van der Waals surface area contributed by atoms with Crippen LogP contribution in [-0.4, -0.2) is 83.3 Å². The standard InChI is InChI=1S/C36H46Cl2N2O8/c1-19(2)23-7-5-20(3)11-29(23)47-18-31(43)40(16-21-6-8-26(37)27(38)13-21)28-15-25(36(45)39-9-10-41)32-24-12-22(17-42)14-30(46-4)34(24)48-35(32)33(28)44/h6,8,12-15,19-20,23,28-29,32-33,35,41-42,44H,5,7,9-11,16-18H2,1-4H3,(H,39,45)/t20-,23+,28+,29-,32-,33-,35-/m0/s1. The number of nitrogens with zero attached hydrogens (tertiary/aromatic N) is 1. The molecule has 0 spiro atoms. The van der Waals surface area contributed by atoms with Crippen molar-refractivity contribution in [2.75, 3.05) is 26.9 Å². The van der Waals surface area contributed by atoms with E-state index in [1.165, 1.54) is 12.0 Å². The van der Waals surface area contributed by atoms with Gasteiger partial charge in [0.25, 0.3) is 0 Å². The summed E-state index contributed by atoms with van der Waals surface area (Å²) >= 11 is 12.6. The third-order valence-corrected chi connectivity index (χ3v) is 10.6. The molecule has 1 heterocycles. The Morgan fingerprint density at radius 3 is 2.54 bits per heavy atom. The normalized spacial score (nSPS) is 26.3. The van der Waals surface area contributed by atoms with E-state index < -0.39 is 30.1 Å². The number of carbonyl (C=O) groups excluding carboxylic acids is 2. The van der Waals surface area contributed by atoms with E-state index in [-0.39, 0.29) is 50.5 Å². The number of amides is 2.